The van der Waals surface area contributed by atoms with Crippen LogP contribution in [-0.2, 0) is 36.1 Å². The van der Waals surface area contributed by atoms with Gasteiger partial charge in [-0.25, -0.2) is 13.1 Å². The molecule has 6 rings (SSSR count). The van der Waals surface area contributed by atoms with Crippen LogP contribution in [-0.4, -0.2) is 55.7 Å². The first kappa shape index (κ1) is 29.6. The molecule has 1 aromatic carbocycles. The Morgan fingerprint density at radius 1 is 1.05 bits per heavy atom. The number of nitrogens with one attached hydrogen (secondary N) is 3. The third kappa shape index (κ3) is 7.34. The van der Waals surface area contributed by atoms with E-state index in [4.69, 9.17) is 0 Å². The van der Waals surface area contributed by atoms with Gasteiger partial charge in [0.1, 0.15) is 0 Å². The molecule has 0 atom stereocenters. The summed E-state index contributed by atoms with van der Waals surface area (Å²) in [7, 11) is -3.29. The molecule has 0 radical (unpaired) electrons. The number of aromatic amines is 1. The molecule has 228 valence electrons. The van der Waals surface area contributed by atoms with Crippen LogP contribution in [0.15, 0.2) is 54.9 Å². The number of fused-ring (bicyclic) bond motifs is 1. The van der Waals surface area contributed by atoms with Crippen LogP contribution in [0.1, 0.15) is 70.3 Å². The summed E-state index contributed by atoms with van der Waals surface area (Å²) in [6.07, 6.45) is 9.29. The molecule has 0 saturated heterocycles. The topological polar surface area (TPSA) is 160 Å². The second kappa shape index (κ2) is 12.6. The van der Waals surface area contributed by atoms with Gasteiger partial charge in [0, 0.05) is 48.2 Å². The summed E-state index contributed by atoms with van der Waals surface area (Å²) in [6.45, 7) is 3.17. The van der Waals surface area contributed by atoms with Crippen LogP contribution >= 0.6 is 0 Å². The molecule has 1 aliphatic rings. The number of pyridine rings is 1. The normalized spacial score (nSPS) is 13.4. The predicted octanol–water partition coefficient (Wildman–Crippen LogP) is 3.80. The lowest BCUT2D eigenvalue weighted by molar-refractivity contribution is 0.0945. The van der Waals surface area contributed by atoms with Crippen LogP contribution in [0.2, 0.25) is 0 Å². The average molecular weight is 614 g/mol. The Kier molecular flexibility index (Phi) is 8.49. The summed E-state index contributed by atoms with van der Waals surface area (Å²) in [4.78, 5) is 20.2. The third-order valence-electron chi connectivity index (χ3n) is 7.64. The number of carbonyl (C=O) groups is 1. The number of benzene rings is 1. The van der Waals surface area contributed by atoms with Gasteiger partial charge in [0.2, 0.25) is 10.0 Å². The zero-order valence-corrected chi connectivity index (χ0v) is 25.6. The molecule has 0 unspecified atom stereocenters. The van der Waals surface area contributed by atoms with Crippen LogP contribution in [0.25, 0.3) is 22.2 Å². The summed E-state index contributed by atoms with van der Waals surface area (Å²) < 4.78 is 27.5. The summed E-state index contributed by atoms with van der Waals surface area (Å²) >= 11 is 0. The minimum Gasteiger partial charge on any atom is -0.346 e. The molecule has 0 bridgehead atoms. The zero-order chi connectivity index (χ0) is 30.7. The molecular formula is C31H35N9O3S. The molecule has 44 heavy (non-hydrogen) atoms. The van der Waals surface area contributed by atoms with E-state index in [1.165, 1.54) is 5.69 Å². The molecule has 0 spiro atoms. The summed E-state index contributed by atoms with van der Waals surface area (Å²) in [5, 5.41) is 21.0. The van der Waals surface area contributed by atoms with Crippen molar-refractivity contribution in [2.75, 3.05) is 6.26 Å². The molecule has 4 heterocycles. The predicted molar refractivity (Wildman–Crippen MR) is 166 cm³/mol. The van der Waals surface area contributed by atoms with Gasteiger partial charge in [0.15, 0.2) is 11.3 Å². The van der Waals surface area contributed by atoms with Gasteiger partial charge in [-0.3, -0.25) is 14.5 Å². The van der Waals surface area contributed by atoms with Crippen molar-refractivity contribution >= 4 is 27.0 Å². The number of nitrogens with zero attached hydrogens (tertiary/aromatic N) is 6. The molecular weight excluding hydrogens is 578 g/mol. The van der Waals surface area contributed by atoms with Gasteiger partial charge in [-0.15, -0.1) is 10.2 Å². The second-order valence-corrected chi connectivity index (χ2v) is 13.2. The fourth-order valence-corrected chi connectivity index (χ4v) is 5.61. The number of hydrogen-bond acceptors (Lipinski definition) is 8. The van der Waals surface area contributed by atoms with Crippen LogP contribution in [0.4, 0.5) is 0 Å². The quantitative estimate of drug-likeness (QED) is 0.169. The van der Waals surface area contributed by atoms with Crippen molar-refractivity contribution < 1.29 is 13.2 Å². The summed E-state index contributed by atoms with van der Waals surface area (Å²) in [6, 6.07) is 13.9. The van der Waals surface area contributed by atoms with Crippen molar-refractivity contribution in [3.63, 3.8) is 0 Å². The van der Waals surface area contributed by atoms with Crippen molar-refractivity contribution in [2.45, 2.75) is 64.6 Å². The number of rotatable bonds is 13. The number of carbonyl (C=O) groups excluding carboxylic acids is 1. The molecule has 1 amide bonds. The Labute approximate surface area is 255 Å². The number of aryl methyl sites for hydroxylation is 3. The highest BCUT2D eigenvalue weighted by atomic mass is 32.2. The van der Waals surface area contributed by atoms with Crippen molar-refractivity contribution in [3.05, 3.63) is 88.8 Å². The molecule has 5 aromatic rings. The Balaban J connectivity index is 1.08. The molecule has 13 heteroatoms. The van der Waals surface area contributed by atoms with Crippen molar-refractivity contribution in [2.24, 2.45) is 0 Å². The fraction of sp³-hybridized carbons (Fsp3) is 0.355. The van der Waals surface area contributed by atoms with Crippen molar-refractivity contribution in [3.8, 4) is 11.1 Å². The Hall–Kier alpha value is -4.49. The monoisotopic (exact) mass is 613 g/mol. The lowest BCUT2D eigenvalue weighted by atomic mass is 9.98. The average Bonchev–Trinajstić information content (AvgIpc) is 3.62. The number of unbranched alkanes of at least 4 members (excludes halogenated alkanes) is 1. The summed E-state index contributed by atoms with van der Waals surface area (Å²) in [5.41, 5.74) is 8.00. The van der Waals surface area contributed by atoms with Crippen LogP contribution < -0.4 is 10.0 Å². The molecule has 3 N–H and O–H groups in total. The number of H-pyrrole nitrogens is 1. The maximum Gasteiger partial charge on any atom is 0.273 e. The highest BCUT2D eigenvalue weighted by molar-refractivity contribution is 7.88. The Bertz CT molecular complexity index is 1890. The molecule has 4 aromatic heterocycles. The maximum absolute atomic E-state index is 12.5. The largest absolute Gasteiger partial charge is 0.346 e. The molecule has 1 saturated carbocycles. The van der Waals surface area contributed by atoms with E-state index in [9.17, 15) is 13.2 Å². The third-order valence-corrected chi connectivity index (χ3v) is 8.31. The molecule has 1 aliphatic carbocycles. The van der Waals surface area contributed by atoms with Crippen molar-refractivity contribution in [1.82, 2.24) is 45.2 Å². The SMILES string of the molecule is Cc1ccc(CNC(=O)c2cn(CCCCc3cc4c(-c5cccc(CNS(C)(=O)=O)c5)c(C5CC5)[nH]c4nn3)nn2)cn1. The van der Waals surface area contributed by atoms with E-state index < -0.39 is 10.0 Å². The number of aromatic nitrogens is 7. The molecule has 1 fully saturated rings. The molecule has 12 nitrogen and oxygen atoms in total. The standard InChI is InChI=1S/C31H35N9O3S/c1-20-9-10-22(16-32-20)17-33-31(41)27-19-40(39-37-27)13-4-3-8-25-15-26-28(29(23-11-12-23)35-30(26)38-36-25)24-7-5-6-21(14-24)18-34-44(2,42)43/h5-7,9-10,14-16,19,23,34H,3-4,8,11-13,17-18H2,1-2H3,(H,33,41)(H,35,38). The van der Waals surface area contributed by atoms with Gasteiger partial charge in [0.05, 0.1) is 18.1 Å². The van der Waals surface area contributed by atoms with E-state index in [1.807, 2.05) is 37.3 Å². The van der Waals surface area contributed by atoms with E-state index >= 15 is 0 Å². The number of amides is 1. The minimum atomic E-state index is -3.29. The van der Waals surface area contributed by atoms with Crippen LogP contribution in [0.5, 0.6) is 0 Å². The van der Waals surface area contributed by atoms with Gasteiger partial charge in [-0.1, -0.05) is 29.5 Å². The van der Waals surface area contributed by atoms with Crippen LogP contribution in [0.3, 0.4) is 0 Å². The number of hydrogen-bond donors (Lipinski definition) is 3. The number of sulfonamides is 1. The van der Waals surface area contributed by atoms with E-state index in [2.05, 4.69) is 52.6 Å². The minimum absolute atomic E-state index is 0.238. The zero-order valence-electron chi connectivity index (χ0n) is 24.7. The fourth-order valence-electron chi connectivity index (χ4n) is 5.18. The van der Waals surface area contributed by atoms with Crippen molar-refractivity contribution in [1.29, 1.82) is 0 Å². The second-order valence-electron chi connectivity index (χ2n) is 11.4. The van der Waals surface area contributed by atoms with E-state index in [1.54, 1.807) is 17.1 Å². The Morgan fingerprint density at radius 2 is 1.91 bits per heavy atom. The summed E-state index contributed by atoms with van der Waals surface area (Å²) in [5.74, 6) is 0.195. The lowest BCUT2D eigenvalue weighted by Gasteiger charge is -2.08. The molecule has 0 aliphatic heterocycles. The highest BCUT2D eigenvalue weighted by Gasteiger charge is 2.30. The van der Waals surface area contributed by atoms with Gasteiger partial charge < -0.3 is 10.3 Å². The first-order chi connectivity index (χ1) is 21.2. The van der Waals surface area contributed by atoms with Gasteiger partial charge in [0.25, 0.3) is 5.91 Å². The van der Waals surface area contributed by atoms with Crippen LogP contribution in [0, 0.1) is 6.92 Å². The van der Waals surface area contributed by atoms with Gasteiger partial charge in [-0.05, 0) is 79.8 Å². The smallest absolute Gasteiger partial charge is 0.273 e. The van der Waals surface area contributed by atoms with E-state index in [-0.39, 0.29) is 18.1 Å². The first-order valence-corrected chi connectivity index (χ1v) is 16.6. The van der Waals surface area contributed by atoms with E-state index in [0.29, 0.717) is 19.0 Å². The van der Waals surface area contributed by atoms with E-state index in [0.717, 1.165) is 83.0 Å². The van der Waals surface area contributed by atoms with Gasteiger partial charge in [-0.2, -0.15) is 5.10 Å². The highest BCUT2D eigenvalue weighted by Crippen LogP contribution is 2.46. The first-order valence-electron chi connectivity index (χ1n) is 14.7. The van der Waals surface area contributed by atoms with Gasteiger partial charge >= 0.3 is 0 Å². The Morgan fingerprint density at radius 3 is 2.68 bits per heavy atom. The lowest BCUT2D eigenvalue weighted by Crippen LogP contribution is -2.23. The maximum atomic E-state index is 12.5.